The Morgan fingerprint density at radius 2 is 2.10 bits per heavy atom. The molecule has 20 heavy (non-hydrogen) atoms. The van der Waals surface area contributed by atoms with Crippen molar-refractivity contribution in [2.75, 3.05) is 6.61 Å². The third-order valence-corrected chi connectivity index (χ3v) is 5.16. The number of halogens is 1. The van der Waals surface area contributed by atoms with Crippen molar-refractivity contribution in [2.45, 2.75) is 38.7 Å². The Hall–Kier alpha value is -0.710. The van der Waals surface area contributed by atoms with Gasteiger partial charge in [-0.3, -0.25) is 0 Å². The second kappa shape index (κ2) is 6.37. The first-order chi connectivity index (χ1) is 9.72. The van der Waals surface area contributed by atoms with Crippen LogP contribution in [-0.2, 0) is 11.2 Å². The van der Waals surface area contributed by atoms with Crippen molar-refractivity contribution < 1.29 is 4.74 Å². The Morgan fingerprint density at radius 3 is 2.80 bits per heavy atom. The number of aryl methyl sites for hydroxylation is 1. The third-order valence-electron chi connectivity index (χ3n) is 3.63. The van der Waals surface area contributed by atoms with E-state index in [0.29, 0.717) is 6.10 Å². The van der Waals surface area contributed by atoms with Crippen LogP contribution >= 0.6 is 27.3 Å². The molecule has 1 aromatic heterocycles. The summed E-state index contributed by atoms with van der Waals surface area (Å²) in [6.45, 7) is 3.06. The Bertz CT molecular complexity index is 573. The summed E-state index contributed by atoms with van der Waals surface area (Å²) < 4.78 is 6.91. The minimum absolute atomic E-state index is 0.368. The van der Waals surface area contributed by atoms with Gasteiger partial charge in [0.25, 0.3) is 0 Å². The predicted molar refractivity (Wildman–Crippen MR) is 87.3 cm³/mol. The zero-order valence-electron chi connectivity index (χ0n) is 11.6. The molecule has 1 fully saturated rings. The number of rotatable bonds is 3. The molecule has 0 bridgehead atoms. The Morgan fingerprint density at radius 1 is 1.30 bits per heavy atom. The van der Waals surface area contributed by atoms with E-state index in [0.717, 1.165) is 23.2 Å². The highest BCUT2D eigenvalue weighted by molar-refractivity contribution is 9.10. The van der Waals surface area contributed by atoms with Gasteiger partial charge in [0.15, 0.2) is 0 Å². The molecule has 2 aromatic rings. The van der Waals surface area contributed by atoms with E-state index in [1.165, 1.54) is 34.7 Å². The van der Waals surface area contributed by atoms with Gasteiger partial charge in [0.2, 0.25) is 0 Å². The summed E-state index contributed by atoms with van der Waals surface area (Å²) in [5.74, 6) is 0. The molecule has 3 rings (SSSR count). The van der Waals surface area contributed by atoms with Crippen LogP contribution in [0.1, 0.15) is 29.1 Å². The molecule has 0 amide bonds. The maximum absolute atomic E-state index is 5.81. The van der Waals surface area contributed by atoms with Crippen LogP contribution in [0.15, 0.2) is 28.7 Å². The minimum atomic E-state index is 0.368. The van der Waals surface area contributed by atoms with E-state index in [9.17, 15) is 0 Å². The van der Waals surface area contributed by atoms with Crippen LogP contribution in [0.5, 0.6) is 0 Å². The van der Waals surface area contributed by atoms with Gasteiger partial charge in [-0.1, -0.05) is 28.1 Å². The van der Waals surface area contributed by atoms with Crippen molar-refractivity contribution in [3.63, 3.8) is 0 Å². The topological polar surface area (TPSA) is 22.1 Å². The molecule has 1 unspecified atom stereocenters. The lowest BCUT2D eigenvalue weighted by atomic mass is 10.1. The second-order valence-electron chi connectivity index (χ2n) is 5.21. The first-order valence-corrected chi connectivity index (χ1v) is 8.67. The van der Waals surface area contributed by atoms with Crippen molar-refractivity contribution in [3.05, 3.63) is 38.6 Å². The summed E-state index contributed by atoms with van der Waals surface area (Å²) in [6.07, 6.45) is 4.99. The smallest absolute Gasteiger partial charge is 0.0961 e. The Kier molecular flexibility index (Phi) is 4.54. The lowest BCUT2D eigenvalue weighted by Crippen LogP contribution is -2.21. The first kappa shape index (κ1) is 14.2. The molecule has 1 aromatic carbocycles. The van der Waals surface area contributed by atoms with Gasteiger partial charge in [-0.05, 0) is 38.3 Å². The molecule has 106 valence electrons. The number of ether oxygens (including phenoxy) is 1. The van der Waals surface area contributed by atoms with Gasteiger partial charge in [0.05, 0.1) is 16.8 Å². The lowest BCUT2D eigenvalue weighted by molar-refractivity contribution is 0.0168. The number of hydrogen-bond acceptors (Lipinski definition) is 3. The Balaban J connectivity index is 1.78. The van der Waals surface area contributed by atoms with Crippen LogP contribution in [-0.4, -0.2) is 17.7 Å². The first-order valence-electron chi connectivity index (χ1n) is 7.06. The highest BCUT2D eigenvalue weighted by Gasteiger charge is 2.17. The standard InChI is InChI=1S/C16H18BrNOS/c1-11-16(12-5-7-13(17)8-6-12)18-15(20-11)10-14-4-2-3-9-19-14/h5-8,14H,2-4,9-10H2,1H3. The molecular weight excluding hydrogens is 334 g/mol. The van der Waals surface area contributed by atoms with Crippen molar-refractivity contribution >= 4 is 27.3 Å². The normalized spacial score (nSPS) is 19.2. The summed E-state index contributed by atoms with van der Waals surface area (Å²) in [6, 6.07) is 8.37. The predicted octanol–water partition coefficient (Wildman–Crippen LogP) is 4.99. The zero-order chi connectivity index (χ0) is 13.9. The number of hydrogen-bond donors (Lipinski definition) is 0. The van der Waals surface area contributed by atoms with Crippen LogP contribution in [0.4, 0.5) is 0 Å². The molecule has 0 aliphatic carbocycles. The number of benzene rings is 1. The van der Waals surface area contributed by atoms with E-state index < -0.39 is 0 Å². The maximum Gasteiger partial charge on any atom is 0.0961 e. The van der Waals surface area contributed by atoms with E-state index in [1.54, 1.807) is 11.3 Å². The molecule has 1 saturated heterocycles. The van der Waals surface area contributed by atoms with Crippen molar-refractivity contribution in [3.8, 4) is 11.3 Å². The van der Waals surface area contributed by atoms with Crippen LogP contribution in [0.2, 0.25) is 0 Å². The largest absolute Gasteiger partial charge is 0.378 e. The van der Waals surface area contributed by atoms with Crippen molar-refractivity contribution in [1.29, 1.82) is 0 Å². The van der Waals surface area contributed by atoms with Crippen molar-refractivity contribution in [1.82, 2.24) is 4.98 Å². The fourth-order valence-corrected chi connectivity index (χ4v) is 3.86. The van der Waals surface area contributed by atoms with Gasteiger partial charge in [-0.2, -0.15) is 0 Å². The molecule has 2 heterocycles. The zero-order valence-corrected chi connectivity index (χ0v) is 14.0. The second-order valence-corrected chi connectivity index (χ2v) is 7.42. The highest BCUT2D eigenvalue weighted by atomic mass is 79.9. The van der Waals surface area contributed by atoms with Gasteiger partial charge in [-0.15, -0.1) is 11.3 Å². The molecule has 1 aliphatic rings. The van der Waals surface area contributed by atoms with Crippen LogP contribution in [0, 0.1) is 6.92 Å². The van der Waals surface area contributed by atoms with Crippen LogP contribution in [0.25, 0.3) is 11.3 Å². The van der Waals surface area contributed by atoms with E-state index in [-0.39, 0.29) is 0 Å². The van der Waals surface area contributed by atoms with Crippen molar-refractivity contribution in [2.24, 2.45) is 0 Å². The SMILES string of the molecule is Cc1sc(CC2CCCCO2)nc1-c1ccc(Br)cc1. The van der Waals surface area contributed by atoms with E-state index in [4.69, 9.17) is 9.72 Å². The molecule has 0 N–H and O–H groups in total. The minimum Gasteiger partial charge on any atom is -0.378 e. The summed E-state index contributed by atoms with van der Waals surface area (Å²) in [7, 11) is 0. The maximum atomic E-state index is 5.81. The van der Waals surface area contributed by atoms with Crippen LogP contribution < -0.4 is 0 Å². The third kappa shape index (κ3) is 3.30. The summed E-state index contributed by atoms with van der Waals surface area (Å²) in [5, 5.41) is 1.20. The fraction of sp³-hybridized carbons (Fsp3) is 0.438. The monoisotopic (exact) mass is 351 g/mol. The number of nitrogens with zero attached hydrogens (tertiary/aromatic N) is 1. The lowest BCUT2D eigenvalue weighted by Gasteiger charge is -2.21. The van der Waals surface area contributed by atoms with Gasteiger partial charge in [0.1, 0.15) is 0 Å². The average molecular weight is 352 g/mol. The summed E-state index contributed by atoms with van der Waals surface area (Å²) in [5.41, 5.74) is 2.31. The van der Waals surface area contributed by atoms with Gasteiger partial charge < -0.3 is 4.74 Å². The molecule has 1 aliphatic heterocycles. The molecule has 4 heteroatoms. The number of aromatic nitrogens is 1. The molecule has 0 saturated carbocycles. The quantitative estimate of drug-likeness (QED) is 0.776. The number of thiazole rings is 1. The molecule has 0 radical (unpaired) electrons. The molecule has 0 spiro atoms. The molecule has 2 nitrogen and oxygen atoms in total. The van der Waals surface area contributed by atoms with Crippen LogP contribution in [0.3, 0.4) is 0 Å². The van der Waals surface area contributed by atoms with E-state index in [2.05, 4.69) is 47.1 Å². The van der Waals surface area contributed by atoms with Gasteiger partial charge in [-0.25, -0.2) is 4.98 Å². The summed E-state index contributed by atoms with van der Waals surface area (Å²) >= 11 is 5.28. The van der Waals surface area contributed by atoms with Gasteiger partial charge >= 0.3 is 0 Å². The van der Waals surface area contributed by atoms with Gasteiger partial charge in [0, 0.05) is 27.9 Å². The molecule has 1 atom stereocenters. The average Bonchev–Trinajstić information content (AvgIpc) is 2.81. The molecular formula is C16H18BrNOS. The van der Waals surface area contributed by atoms with E-state index in [1.807, 2.05) is 0 Å². The summed E-state index contributed by atoms with van der Waals surface area (Å²) in [4.78, 5) is 6.12. The fourth-order valence-electron chi connectivity index (χ4n) is 2.58. The van der Waals surface area contributed by atoms with E-state index >= 15 is 0 Å². The Labute approximate surface area is 132 Å². The highest BCUT2D eigenvalue weighted by Crippen LogP contribution is 2.30.